The zero-order chi connectivity index (χ0) is 11.0. The van der Waals surface area contributed by atoms with Gasteiger partial charge in [-0.3, -0.25) is 0 Å². The molecule has 16 heavy (non-hydrogen) atoms. The van der Waals surface area contributed by atoms with E-state index >= 15 is 0 Å². The highest BCUT2D eigenvalue weighted by Crippen LogP contribution is 2.27. The lowest BCUT2D eigenvalue weighted by atomic mass is 10.2. The molecule has 6 heteroatoms. The lowest BCUT2D eigenvalue weighted by molar-refractivity contribution is 1.27. The number of rotatable bonds is 2. The third-order valence-electron chi connectivity index (χ3n) is 2.32. The Hall–Kier alpha value is -1.92. The van der Waals surface area contributed by atoms with Gasteiger partial charge in [0.05, 0.1) is 17.4 Å². The van der Waals surface area contributed by atoms with Crippen LogP contribution < -0.4 is 11.3 Å². The number of thiazole rings is 1. The summed E-state index contributed by atoms with van der Waals surface area (Å²) in [6.07, 6.45) is 1.68. The molecule has 0 bridgehead atoms. The van der Waals surface area contributed by atoms with Crippen LogP contribution in [0.25, 0.3) is 21.6 Å². The second-order valence-electron chi connectivity index (χ2n) is 3.32. The van der Waals surface area contributed by atoms with Crippen molar-refractivity contribution < 1.29 is 0 Å². The third kappa shape index (κ3) is 1.44. The van der Waals surface area contributed by atoms with Gasteiger partial charge in [-0.2, -0.15) is 0 Å². The number of aromatic amines is 1. The molecule has 0 radical (unpaired) electrons. The lowest BCUT2D eigenvalue weighted by Crippen LogP contribution is -2.06. The van der Waals surface area contributed by atoms with Crippen LogP contribution in [0.3, 0.4) is 0 Å². The van der Waals surface area contributed by atoms with Crippen LogP contribution >= 0.6 is 11.3 Å². The van der Waals surface area contributed by atoms with E-state index in [0.29, 0.717) is 5.82 Å². The summed E-state index contributed by atoms with van der Waals surface area (Å²) in [4.78, 5) is 11.6. The molecular formula is C10H9N5S. The lowest BCUT2D eigenvalue weighted by Gasteiger charge is -1.96. The Morgan fingerprint density at radius 1 is 1.38 bits per heavy atom. The molecule has 0 saturated heterocycles. The molecule has 0 aliphatic heterocycles. The van der Waals surface area contributed by atoms with Crippen LogP contribution in [-0.2, 0) is 0 Å². The molecule has 2 heterocycles. The fourth-order valence-electron chi connectivity index (χ4n) is 1.54. The van der Waals surface area contributed by atoms with Crippen molar-refractivity contribution in [3.05, 3.63) is 29.9 Å². The van der Waals surface area contributed by atoms with Gasteiger partial charge in [0.15, 0.2) is 5.82 Å². The average Bonchev–Trinajstić information content (AvgIpc) is 2.96. The van der Waals surface area contributed by atoms with E-state index in [1.807, 2.05) is 23.6 Å². The zero-order valence-corrected chi connectivity index (χ0v) is 9.08. The van der Waals surface area contributed by atoms with Crippen LogP contribution in [0.1, 0.15) is 0 Å². The predicted molar refractivity (Wildman–Crippen MR) is 65.0 cm³/mol. The number of anilines is 1. The van der Waals surface area contributed by atoms with Crippen LogP contribution in [0.2, 0.25) is 0 Å². The number of fused-ring (bicyclic) bond motifs is 1. The van der Waals surface area contributed by atoms with E-state index in [-0.39, 0.29) is 0 Å². The first-order chi connectivity index (χ1) is 7.86. The third-order valence-corrected chi connectivity index (χ3v) is 3.21. The minimum Gasteiger partial charge on any atom is -0.345 e. The minimum absolute atomic E-state index is 0.685. The maximum atomic E-state index is 5.29. The van der Waals surface area contributed by atoms with Crippen LogP contribution in [0.5, 0.6) is 0 Å². The number of benzene rings is 1. The number of hydrogen-bond acceptors (Lipinski definition) is 5. The molecule has 80 valence electrons. The summed E-state index contributed by atoms with van der Waals surface area (Å²) in [7, 11) is 0. The maximum Gasteiger partial charge on any atom is 0.151 e. The second kappa shape index (κ2) is 3.58. The van der Waals surface area contributed by atoms with E-state index < -0.39 is 0 Å². The van der Waals surface area contributed by atoms with Crippen LogP contribution in [0.15, 0.2) is 29.9 Å². The molecule has 0 saturated carbocycles. The van der Waals surface area contributed by atoms with Crippen molar-refractivity contribution in [2.24, 2.45) is 5.84 Å². The normalized spacial score (nSPS) is 10.8. The largest absolute Gasteiger partial charge is 0.345 e. The molecule has 3 aromatic rings. The van der Waals surface area contributed by atoms with Gasteiger partial charge in [-0.1, -0.05) is 0 Å². The van der Waals surface area contributed by atoms with Crippen molar-refractivity contribution >= 4 is 28.2 Å². The summed E-state index contributed by atoms with van der Waals surface area (Å²) in [5.41, 5.74) is 5.55. The molecule has 0 spiro atoms. The topological polar surface area (TPSA) is 79.6 Å². The van der Waals surface area contributed by atoms with Gasteiger partial charge >= 0.3 is 0 Å². The number of nitrogens with zero attached hydrogens (tertiary/aromatic N) is 2. The van der Waals surface area contributed by atoms with Gasteiger partial charge < -0.3 is 10.4 Å². The molecule has 4 N–H and O–H groups in total. The van der Waals surface area contributed by atoms with E-state index in [4.69, 9.17) is 5.84 Å². The molecule has 3 rings (SSSR count). The minimum atomic E-state index is 0.685. The van der Waals surface area contributed by atoms with E-state index in [9.17, 15) is 0 Å². The van der Waals surface area contributed by atoms with Crippen molar-refractivity contribution in [1.29, 1.82) is 0 Å². The number of nitrogen functional groups attached to an aromatic ring is 1. The van der Waals surface area contributed by atoms with E-state index in [1.54, 1.807) is 17.7 Å². The molecule has 5 nitrogen and oxygen atoms in total. The van der Waals surface area contributed by atoms with Crippen LogP contribution in [0.4, 0.5) is 5.82 Å². The molecular weight excluding hydrogens is 222 g/mol. The summed E-state index contributed by atoms with van der Waals surface area (Å²) >= 11 is 1.55. The number of hydrazine groups is 1. The number of hydrogen-bond donors (Lipinski definition) is 3. The second-order valence-corrected chi connectivity index (χ2v) is 4.17. The van der Waals surface area contributed by atoms with Gasteiger partial charge in [0.25, 0.3) is 0 Å². The first-order valence-electron chi connectivity index (χ1n) is 4.72. The number of imidazole rings is 1. The smallest absolute Gasteiger partial charge is 0.151 e. The van der Waals surface area contributed by atoms with Gasteiger partial charge in [-0.15, -0.1) is 11.3 Å². The standard InChI is InChI=1S/C10H9N5S/c11-15-9-4-16-10(14-9)6-1-2-7-8(3-6)13-5-12-7/h1-5,15H,11H2,(H,12,13). The van der Waals surface area contributed by atoms with Crippen molar-refractivity contribution in [2.45, 2.75) is 0 Å². The number of nitrogens with one attached hydrogen (secondary N) is 2. The first-order valence-corrected chi connectivity index (χ1v) is 5.60. The highest BCUT2D eigenvalue weighted by atomic mass is 32.1. The SMILES string of the molecule is NNc1csc(-c2ccc3nc[nH]c3c2)n1. The van der Waals surface area contributed by atoms with Crippen molar-refractivity contribution in [3.63, 3.8) is 0 Å². The van der Waals surface area contributed by atoms with E-state index in [1.165, 1.54) is 0 Å². The molecule has 0 atom stereocenters. The molecule has 0 fully saturated rings. The highest BCUT2D eigenvalue weighted by molar-refractivity contribution is 7.13. The van der Waals surface area contributed by atoms with Gasteiger partial charge in [-0.25, -0.2) is 15.8 Å². The van der Waals surface area contributed by atoms with Crippen LogP contribution in [-0.4, -0.2) is 15.0 Å². The first kappa shape index (κ1) is 9.32. The van der Waals surface area contributed by atoms with E-state index in [0.717, 1.165) is 21.6 Å². The number of H-pyrrole nitrogens is 1. The Kier molecular flexibility index (Phi) is 2.09. The summed E-state index contributed by atoms with van der Waals surface area (Å²) < 4.78 is 0. The maximum absolute atomic E-state index is 5.29. The summed E-state index contributed by atoms with van der Waals surface area (Å²) in [6, 6.07) is 6.00. The fraction of sp³-hybridized carbons (Fsp3) is 0. The molecule has 0 unspecified atom stereocenters. The molecule has 0 amide bonds. The van der Waals surface area contributed by atoms with Gasteiger partial charge in [0.1, 0.15) is 5.01 Å². The monoisotopic (exact) mass is 231 g/mol. The summed E-state index contributed by atoms with van der Waals surface area (Å²) in [5.74, 6) is 5.98. The van der Waals surface area contributed by atoms with Crippen LogP contribution in [0, 0.1) is 0 Å². The van der Waals surface area contributed by atoms with Crippen molar-refractivity contribution in [3.8, 4) is 10.6 Å². The molecule has 0 aliphatic carbocycles. The van der Waals surface area contributed by atoms with Gasteiger partial charge in [0.2, 0.25) is 0 Å². The zero-order valence-electron chi connectivity index (χ0n) is 8.27. The van der Waals surface area contributed by atoms with Gasteiger partial charge in [0, 0.05) is 10.9 Å². The Bertz CT molecular complexity index is 627. The summed E-state index contributed by atoms with van der Waals surface area (Å²) in [5, 5.41) is 2.82. The summed E-state index contributed by atoms with van der Waals surface area (Å²) in [6.45, 7) is 0. The van der Waals surface area contributed by atoms with Gasteiger partial charge in [-0.05, 0) is 18.2 Å². The number of aromatic nitrogens is 3. The van der Waals surface area contributed by atoms with Crippen molar-refractivity contribution in [1.82, 2.24) is 15.0 Å². The Morgan fingerprint density at radius 2 is 2.31 bits per heavy atom. The molecule has 0 aliphatic rings. The average molecular weight is 231 g/mol. The highest BCUT2D eigenvalue weighted by Gasteiger charge is 2.05. The Morgan fingerprint density at radius 3 is 3.12 bits per heavy atom. The fourth-order valence-corrected chi connectivity index (χ4v) is 2.30. The number of nitrogens with two attached hydrogens (primary N) is 1. The molecule has 1 aromatic carbocycles. The quantitative estimate of drug-likeness (QED) is 0.465. The predicted octanol–water partition coefficient (Wildman–Crippen LogP) is 1.97. The van der Waals surface area contributed by atoms with E-state index in [2.05, 4.69) is 20.4 Å². The van der Waals surface area contributed by atoms with Crippen molar-refractivity contribution in [2.75, 3.05) is 5.43 Å². The Labute approximate surface area is 95.3 Å². The Balaban J connectivity index is 2.10. The molecule has 2 aromatic heterocycles.